The van der Waals surface area contributed by atoms with E-state index in [-0.39, 0.29) is 5.41 Å². The van der Waals surface area contributed by atoms with Crippen LogP contribution in [0.4, 0.5) is 0 Å². The molecule has 3 heteroatoms. The van der Waals surface area contributed by atoms with Crippen LogP contribution in [0, 0.1) is 0 Å². The van der Waals surface area contributed by atoms with Gasteiger partial charge >= 0.3 is 0 Å². The Morgan fingerprint density at radius 2 is 1.95 bits per heavy atom. The standard InChI is InChI=1S/C17H21ClN2/c1-3-17(13-19-2,15-7-5-4-6-8-15)11-14-9-10-20-12-16(14)18/h4-10,12,19H,3,11,13H2,1-2H3. The summed E-state index contributed by atoms with van der Waals surface area (Å²) in [6.07, 6.45) is 5.50. The number of pyridine rings is 1. The van der Waals surface area contributed by atoms with Gasteiger partial charge < -0.3 is 5.32 Å². The molecule has 2 aromatic rings. The maximum absolute atomic E-state index is 6.29. The molecule has 0 bridgehead atoms. The van der Waals surface area contributed by atoms with Gasteiger partial charge in [-0.2, -0.15) is 0 Å². The third-order valence-corrected chi connectivity index (χ3v) is 4.30. The number of rotatable bonds is 6. The highest BCUT2D eigenvalue weighted by atomic mass is 35.5. The van der Waals surface area contributed by atoms with E-state index < -0.39 is 0 Å². The largest absolute Gasteiger partial charge is 0.319 e. The van der Waals surface area contributed by atoms with Gasteiger partial charge in [0.25, 0.3) is 0 Å². The summed E-state index contributed by atoms with van der Waals surface area (Å²) in [6, 6.07) is 12.7. The SMILES string of the molecule is CCC(CNC)(Cc1ccncc1Cl)c1ccccc1. The molecule has 1 N–H and O–H groups in total. The van der Waals surface area contributed by atoms with E-state index in [4.69, 9.17) is 11.6 Å². The summed E-state index contributed by atoms with van der Waals surface area (Å²) in [5.41, 5.74) is 2.56. The molecule has 0 saturated carbocycles. The molecule has 20 heavy (non-hydrogen) atoms. The van der Waals surface area contributed by atoms with Crippen molar-refractivity contribution in [2.75, 3.05) is 13.6 Å². The average molecular weight is 289 g/mol. The van der Waals surface area contributed by atoms with Crippen molar-refractivity contribution in [3.8, 4) is 0 Å². The molecule has 0 aliphatic heterocycles. The fraction of sp³-hybridized carbons (Fsp3) is 0.353. The molecule has 0 saturated heterocycles. The fourth-order valence-electron chi connectivity index (χ4n) is 2.76. The zero-order chi connectivity index (χ0) is 14.4. The number of hydrogen-bond acceptors (Lipinski definition) is 2. The molecule has 0 fully saturated rings. The predicted octanol–water partition coefficient (Wildman–Crippen LogP) is 3.84. The quantitative estimate of drug-likeness (QED) is 0.873. The summed E-state index contributed by atoms with van der Waals surface area (Å²) in [5.74, 6) is 0. The van der Waals surface area contributed by atoms with Gasteiger partial charge in [-0.05, 0) is 37.1 Å². The lowest BCUT2D eigenvalue weighted by molar-refractivity contribution is 0.391. The summed E-state index contributed by atoms with van der Waals surface area (Å²) in [5, 5.41) is 4.09. The monoisotopic (exact) mass is 288 g/mol. The van der Waals surface area contributed by atoms with Gasteiger partial charge in [-0.1, -0.05) is 48.9 Å². The second kappa shape index (κ2) is 6.87. The van der Waals surface area contributed by atoms with Crippen LogP contribution < -0.4 is 5.32 Å². The Balaban J connectivity index is 2.40. The number of hydrogen-bond donors (Lipinski definition) is 1. The molecule has 1 aromatic heterocycles. The zero-order valence-electron chi connectivity index (χ0n) is 12.1. The van der Waals surface area contributed by atoms with Gasteiger partial charge in [-0.3, -0.25) is 4.98 Å². The molecule has 0 spiro atoms. The summed E-state index contributed by atoms with van der Waals surface area (Å²) in [7, 11) is 2.00. The van der Waals surface area contributed by atoms with E-state index in [0.717, 1.165) is 30.0 Å². The number of nitrogens with one attached hydrogen (secondary N) is 1. The fourth-order valence-corrected chi connectivity index (χ4v) is 2.95. The molecule has 1 atom stereocenters. The first kappa shape index (κ1) is 15.0. The van der Waals surface area contributed by atoms with Crippen LogP contribution in [0.2, 0.25) is 5.02 Å². The molecule has 0 aliphatic carbocycles. The van der Waals surface area contributed by atoms with Gasteiger partial charge in [0.2, 0.25) is 0 Å². The summed E-state index contributed by atoms with van der Waals surface area (Å²) < 4.78 is 0. The molecule has 0 amide bonds. The minimum Gasteiger partial charge on any atom is -0.319 e. The Kier molecular flexibility index (Phi) is 5.16. The van der Waals surface area contributed by atoms with Crippen molar-refractivity contribution in [1.82, 2.24) is 10.3 Å². The third kappa shape index (κ3) is 3.20. The number of halogens is 1. The highest BCUT2D eigenvalue weighted by Gasteiger charge is 2.30. The first-order valence-electron chi connectivity index (χ1n) is 7.00. The van der Waals surface area contributed by atoms with Crippen molar-refractivity contribution in [1.29, 1.82) is 0 Å². The number of benzene rings is 1. The maximum Gasteiger partial charge on any atom is 0.0621 e. The van der Waals surface area contributed by atoms with Gasteiger partial charge in [-0.25, -0.2) is 0 Å². The second-order valence-electron chi connectivity index (χ2n) is 5.17. The average Bonchev–Trinajstić information content (AvgIpc) is 2.50. The summed E-state index contributed by atoms with van der Waals surface area (Å²) in [4.78, 5) is 4.07. The number of nitrogens with zero attached hydrogens (tertiary/aromatic N) is 1. The Bertz CT molecular complexity index is 542. The normalized spacial score (nSPS) is 13.9. The number of aromatic nitrogens is 1. The molecule has 2 nitrogen and oxygen atoms in total. The van der Waals surface area contributed by atoms with Crippen molar-refractivity contribution in [3.05, 3.63) is 64.9 Å². The first-order chi connectivity index (χ1) is 9.72. The molecule has 0 radical (unpaired) electrons. The van der Waals surface area contributed by atoms with Gasteiger partial charge in [0.15, 0.2) is 0 Å². The summed E-state index contributed by atoms with van der Waals surface area (Å²) in [6.45, 7) is 3.16. The van der Waals surface area contributed by atoms with Crippen LogP contribution in [0.3, 0.4) is 0 Å². The van der Waals surface area contributed by atoms with E-state index in [9.17, 15) is 0 Å². The predicted molar refractivity (Wildman–Crippen MR) is 85.3 cm³/mol. The van der Waals surface area contributed by atoms with Gasteiger partial charge in [-0.15, -0.1) is 0 Å². The van der Waals surface area contributed by atoms with E-state index in [1.165, 1.54) is 5.56 Å². The van der Waals surface area contributed by atoms with Crippen LogP contribution in [-0.4, -0.2) is 18.6 Å². The van der Waals surface area contributed by atoms with Gasteiger partial charge in [0.05, 0.1) is 5.02 Å². The highest BCUT2D eigenvalue weighted by Crippen LogP contribution is 2.33. The molecule has 1 aromatic carbocycles. The minimum absolute atomic E-state index is 0.0566. The van der Waals surface area contributed by atoms with Crippen LogP contribution >= 0.6 is 11.6 Å². The molecule has 106 valence electrons. The molecular formula is C17H21ClN2. The number of likely N-dealkylation sites (N-methyl/N-ethyl adjacent to an activating group) is 1. The first-order valence-corrected chi connectivity index (χ1v) is 7.38. The Hall–Kier alpha value is -1.38. The van der Waals surface area contributed by atoms with Crippen molar-refractivity contribution < 1.29 is 0 Å². The van der Waals surface area contributed by atoms with Crippen LogP contribution in [0.1, 0.15) is 24.5 Å². The Morgan fingerprint density at radius 1 is 1.20 bits per heavy atom. The van der Waals surface area contributed by atoms with Crippen molar-refractivity contribution in [3.63, 3.8) is 0 Å². The van der Waals surface area contributed by atoms with Crippen LogP contribution in [0.25, 0.3) is 0 Å². The second-order valence-corrected chi connectivity index (χ2v) is 5.58. The van der Waals surface area contributed by atoms with Crippen LogP contribution in [-0.2, 0) is 11.8 Å². The lowest BCUT2D eigenvalue weighted by Crippen LogP contribution is -2.38. The van der Waals surface area contributed by atoms with Crippen molar-refractivity contribution in [2.24, 2.45) is 0 Å². The van der Waals surface area contributed by atoms with Gasteiger partial charge in [0, 0.05) is 24.4 Å². The van der Waals surface area contributed by atoms with Crippen LogP contribution in [0.5, 0.6) is 0 Å². The Labute approximate surface area is 126 Å². The van der Waals surface area contributed by atoms with Crippen molar-refractivity contribution in [2.45, 2.75) is 25.2 Å². The molecular weight excluding hydrogens is 268 g/mol. The zero-order valence-corrected chi connectivity index (χ0v) is 12.8. The maximum atomic E-state index is 6.29. The van der Waals surface area contributed by atoms with E-state index in [1.807, 2.05) is 19.3 Å². The van der Waals surface area contributed by atoms with E-state index in [0.29, 0.717) is 0 Å². The summed E-state index contributed by atoms with van der Waals surface area (Å²) >= 11 is 6.29. The van der Waals surface area contributed by atoms with Crippen LogP contribution in [0.15, 0.2) is 48.8 Å². The smallest absolute Gasteiger partial charge is 0.0621 e. The molecule has 2 rings (SSSR count). The molecule has 1 unspecified atom stereocenters. The lowest BCUT2D eigenvalue weighted by Gasteiger charge is -2.34. The van der Waals surface area contributed by atoms with E-state index in [1.54, 1.807) is 6.20 Å². The van der Waals surface area contributed by atoms with E-state index in [2.05, 4.69) is 47.6 Å². The van der Waals surface area contributed by atoms with Crippen molar-refractivity contribution >= 4 is 11.6 Å². The van der Waals surface area contributed by atoms with Gasteiger partial charge in [0.1, 0.15) is 0 Å². The minimum atomic E-state index is 0.0566. The molecule has 1 heterocycles. The molecule has 0 aliphatic rings. The topological polar surface area (TPSA) is 24.9 Å². The lowest BCUT2D eigenvalue weighted by atomic mass is 9.73. The Morgan fingerprint density at radius 3 is 2.55 bits per heavy atom. The third-order valence-electron chi connectivity index (χ3n) is 3.96. The van der Waals surface area contributed by atoms with E-state index >= 15 is 0 Å². The highest BCUT2D eigenvalue weighted by molar-refractivity contribution is 6.31.